The molecule has 5 nitrogen and oxygen atoms in total. The summed E-state index contributed by atoms with van der Waals surface area (Å²) in [6.07, 6.45) is 1.09. The van der Waals surface area contributed by atoms with E-state index in [2.05, 4.69) is 36.4 Å². The molecule has 0 spiro atoms. The first kappa shape index (κ1) is 24.1. The van der Waals surface area contributed by atoms with E-state index in [0.29, 0.717) is 12.8 Å². The molecule has 1 aromatic heterocycles. The quantitative estimate of drug-likeness (QED) is 0.312. The number of hydrogen-bond acceptors (Lipinski definition) is 3. The molecule has 0 fully saturated rings. The minimum atomic E-state index is -0.494. The molecule has 0 atom stereocenters. The summed E-state index contributed by atoms with van der Waals surface area (Å²) in [5.41, 5.74) is 5.61. The largest absolute Gasteiger partial charge is 0.494 e. The fraction of sp³-hybridized carbons (Fsp3) is 0.125. The van der Waals surface area contributed by atoms with Gasteiger partial charge in [-0.15, -0.1) is 0 Å². The van der Waals surface area contributed by atoms with Crippen molar-refractivity contribution in [2.75, 3.05) is 0 Å². The minimum absolute atomic E-state index is 0.244. The van der Waals surface area contributed by atoms with Crippen molar-refractivity contribution in [1.29, 1.82) is 0 Å². The summed E-state index contributed by atoms with van der Waals surface area (Å²) in [5, 5.41) is 10.3. The summed E-state index contributed by atoms with van der Waals surface area (Å²) < 4.78 is 2.47. The highest BCUT2D eigenvalue weighted by Crippen LogP contribution is 2.21. The molecule has 0 amide bonds. The predicted molar refractivity (Wildman–Crippen MR) is 148 cm³/mol. The van der Waals surface area contributed by atoms with Crippen LogP contribution in [-0.4, -0.2) is 14.2 Å². The summed E-state index contributed by atoms with van der Waals surface area (Å²) in [6.45, 7) is 0.524. The summed E-state index contributed by atoms with van der Waals surface area (Å²) in [7, 11) is 0. The van der Waals surface area contributed by atoms with Gasteiger partial charge in [0.05, 0.1) is 6.07 Å². The van der Waals surface area contributed by atoms with Crippen molar-refractivity contribution < 1.29 is 5.11 Å². The van der Waals surface area contributed by atoms with Crippen LogP contribution in [0.25, 0.3) is 22.3 Å². The maximum atomic E-state index is 13.1. The average Bonchev–Trinajstić information content (AvgIpc) is 2.94. The Morgan fingerprint density at radius 1 is 0.514 bits per heavy atom. The number of nitrogens with zero attached hydrogens (tertiary/aromatic N) is 2. The zero-order valence-electron chi connectivity index (χ0n) is 20.5. The molecule has 1 heterocycles. The molecule has 0 unspecified atom stereocenters. The lowest BCUT2D eigenvalue weighted by Gasteiger charge is -2.13. The van der Waals surface area contributed by atoms with Gasteiger partial charge < -0.3 is 5.11 Å². The van der Waals surface area contributed by atoms with Gasteiger partial charge in [0, 0.05) is 13.1 Å². The van der Waals surface area contributed by atoms with Crippen LogP contribution in [0.5, 0.6) is 5.88 Å². The number of hydrogen-bond donors (Lipinski definition) is 1. The Morgan fingerprint density at radius 2 is 0.919 bits per heavy atom. The van der Waals surface area contributed by atoms with Crippen LogP contribution in [0.15, 0.2) is 125 Å². The fourth-order valence-electron chi connectivity index (χ4n) is 4.49. The predicted octanol–water partition coefficient (Wildman–Crippen LogP) is 5.54. The van der Waals surface area contributed by atoms with Crippen LogP contribution in [0.4, 0.5) is 0 Å². The van der Waals surface area contributed by atoms with Crippen molar-refractivity contribution in [2.24, 2.45) is 0 Å². The van der Waals surface area contributed by atoms with Crippen molar-refractivity contribution in [3.8, 4) is 28.1 Å². The maximum absolute atomic E-state index is 13.1. The molecule has 0 aliphatic rings. The van der Waals surface area contributed by atoms with Crippen LogP contribution in [-0.2, 0) is 25.9 Å². The Labute approximate surface area is 215 Å². The van der Waals surface area contributed by atoms with E-state index >= 15 is 0 Å². The third-order valence-electron chi connectivity index (χ3n) is 6.63. The molecule has 4 aromatic carbocycles. The first-order valence-electron chi connectivity index (χ1n) is 12.4. The molecular weight excluding hydrogens is 460 g/mol. The van der Waals surface area contributed by atoms with E-state index in [1.165, 1.54) is 9.13 Å². The molecule has 0 aliphatic carbocycles. The van der Waals surface area contributed by atoms with Crippen LogP contribution in [0.1, 0.15) is 11.1 Å². The van der Waals surface area contributed by atoms with Gasteiger partial charge in [-0.3, -0.25) is 13.9 Å². The summed E-state index contributed by atoms with van der Waals surface area (Å²) in [4.78, 5) is 25.6. The summed E-state index contributed by atoms with van der Waals surface area (Å²) in [5.74, 6) is -0.306. The number of aryl methyl sites for hydroxylation is 2. The van der Waals surface area contributed by atoms with E-state index in [9.17, 15) is 14.7 Å². The number of aromatic nitrogens is 2. The molecule has 0 saturated heterocycles. The third-order valence-corrected chi connectivity index (χ3v) is 6.63. The second-order valence-electron chi connectivity index (χ2n) is 9.05. The number of rotatable bonds is 8. The topological polar surface area (TPSA) is 64.2 Å². The molecular formula is C32H28N2O3. The van der Waals surface area contributed by atoms with Crippen LogP contribution < -0.4 is 11.2 Å². The highest BCUT2D eigenvalue weighted by Gasteiger charge is 2.11. The van der Waals surface area contributed by atoms with Gasteiger partial charge >= 0.3 is 5.69 Å². The van der Waals surface area contributed by atoms with Crippen molar-refractivity contribution in [1.82, 2.24) is 9.13 Å². The normalized spacial score (nSPS) is 10.9. The standard InChI is InChI=1S/C32H28N2O3/c35-30-23-31(36)34(22-20-25-13-17-29(18-14-25)27-9-5-2-6-10-27)32(37)33(30)21-19-24-11-15-28(16-12-24)26-7-3-1-4-8-26/h1-18,23,35H,19-22H2. The Morgan fingerprint density at radius 3 is 1.38 bits per heavy atom. The van der Waals surface area contributed by atoms with E-state index in [1.54, 1.807) is 0 Å². The lowest BCUT2D eigenvalue weighted by atomic mass is 10.0. The molecule has 184 valence electrons. The van der Waals surface area contributed by atoms with Crippen molar-refractivity contribution in [3.05, 3.63) is 147 Å². The first-order chi connectivity index (χ1) is 18.1. The van der Waals surface area contributed by atoms with E-state index in [4.69, 9.17) is 0 Å². The Hall–Kier alpha value is -4.64. The Bertz CT molecular complexity index is 1590. The SMILES string of the molecule is O=c1cc(O)n(CCc2ccc(-c3ccccc3)cc2)c(=O)n1CCc1ccc(-c2ccccc2)cc1. The van der Waals surface area contributed by atoms with Crippen LogP contribution in [0.3, 0.4) is 0 Å². The molecule has 0 bridgehead atoms. The van der Waals surface area contributed by atoms with E-state index in [1.807, 2.05) is 72.8 Å². The Balaban J connectivity index is 1.27. The van der Waals surface area contributed by atoms with Crippen LogP contribution in [0, 0.1) is 0 Å². The van der Waals surface area contributed by atoms with Gasteiger partial charge in [-0.1, -0.05) is 109 Å². The summed E-state index contributed by atoms with van der Waals surface area (Å²) >= 11 is 0. The smallest absolute Gasteiger partial charge is 0.333 e. The van der Waals surface area contributed by atoms with Crippen molar-refractivity contribution in [2.45, 2.75) is 25.9 Å². The second-order valence-corrected chi connectivity index (χ2v) is 9.05. The van der Waals surface area contributed by atoms with Crippen molar-refractivity contribution >= 4 is 0 Å². The maximum Gasteiger partial charge on any atom is 0.333 e. The van der Waals surface area contributed by atoms with Gasteiger partial charge in [0.25, 0.3) is 5.56 Å². The molecule has 5 heteroatoms. The first-order valence-corrected chi connectivity index (χ1v) is 12.4. The van der Waals surface area contributed by atoms with Gasteiger partial charge in [-0.25, -0.2) is 4.79 Å². The second kappa shape index (κ2) is 11.0. The molecule has 1 N–H and O–H groups in total. The van der Waals surface area contributed by atoms with Gasteiger partial charge in [0.15, 0.2) is 0 Å². The zero-order chi connectivity index (χ0) is 25.6. The molecule has 37 heavy (non-hydrogen) atoms. The highest BCUT2D eigenvalue weighted by atomic mass is 16.3. The molecule has 0 radical (unpaired) electrons. The lowest BCUT2D eigenvalue weighted by Crippen LogP contribution is -2.40. The molecule has 0 aliphatic heterocycles. The van der Waals surface area contributed by atoms with Crippen LogP contribution >= 0.6 is 0 Å². The van der Waals surface area contributed by atoms with Gasteiger partial charge in [0.2, 0.25) is 5.88 Å². The van der Waals surface area contributed by atoms with Gasteiger partial charge in [-0.2, -0.15) is 0 Å². The molecule has 0 saturated carbocycles. The van der Waals surface area contributed by atoms with Gasteiger partial charge in [-0.05, 0) is 46.2 Å². The van der Waals surface area contributed by atoms with E-state index in [0.717, 1.165) is 39.4 Å². The van der Waals surface area contributed by atoms with Gasteiger partial charge in [0.1, 0.15) is 0 Å². The summed E-state index contributed by atoms with van der Waals surface area (Å²) in [6, 6.07) is 37.7. The highest BCUT2D eigenvalue weighted by molar-refractivity contribution is 5.64. The van der Waals surface area contributed by atoms with Crippen molar-refractivity contribution in [3.63, 3.8) is 0 Å². The zero-order valence-corrected chi connectivity index (χ0v) is 20.5. The number of benzene rings is 4. The minimum Gasteiger partial charge on any atom is -0.494 e. The lowest BCUT2D eigenvalue weighted by molar-refractivity contribution is 0.388. The molecule has 5 aromatic rings. The van der Waals surface area contributed by atoms with E-state index < -0.39 is 11.2 Å². The molecule has 5 rings (SSSR count). The average molecular weight is 489 g/mol. The number of aromatic hydroxyl groups is 1. The monoisotopic (exact) mass is 488 g/mol. The van der Waals surface area contributed by atoms with Crippen LogP contribution in [0.2, 0.25) is 0 Å². The Kier molecular flexibility index (Phi) is 7.13. The fourth-order valence-corrected chi connectivity index (χ4v) is 4.49. The van der Waals surface area contributed by atoms with E-state index in [-0.39, 0.29) is 19.0 Å². The third kappa shape index (κ3) is 5.62.